The minimum absolute atomic E-state index is 0.102. The topological polar surface area (TPSA) is 35.5 Å². The van der Waals surface area contributed by atoms with Crippen LogP contribution in [0.5, 0.6) is 5.75 Å². The highest BCUT2D eigenvalue weighted by molar-refractivity contribution is 6.74. The Morgan fingerprint density at radius 2 is 1.68 bits per heavy atom. The molecule has 0 amide bonds. The minimum atomic E-state index is -1.96. The minimum Gasteiger partial charge on any atom is -0.543 e. The summed E-state index contributed by atoms with van der Waals surface area (Å²) in [6.45, 7) is 13.4. The van der Waals surface area contributed by atoms with Crippen molar-refractivity contribution in [1.82, 2.24) is 0 Å². The number of hydrogen-bond donors (Lipinski definition) is 0. The van der Waals surface area contributed by atoms with Gasteiger partial charge in [-0.1, -0.05) is 44.5 Å². The van der Waals surface area contributed by atoms with E-state index < -0.39 is 8.32 Å². The van der Waals surface area contributed by atoms with Crippen molar-refractivity contribution < 1.29 is 14.0 Å². The van der Waals surface area contributed by atoms with E-state index in [9.17, 15) is 4.79 Å². The van der Waals surface area contributed by atoms with Crippen LogP contribution in [0.3, 0.4) is 0 Å². The fourth-order valence-electron chi connectivity index (χ4n) is 2.76. The Morgan fingerprint density at radius 3 is 2.36 bits per heavy atom. The van der Waals surface area contributed by atoms with Crippen LogP contribution in [-0.2, 0) is 11.3 Å². The Hall–Kier alpha value is -2.07. The molecule has 1 aliphatic rings. The highest BCUT2D eigenvalue weighted by Crippen LogP contribution is 2.39. The molecule has 0 unspecified atom stereocenters. The number of carbonyl (C=O) groups is 1. The highest BCUT2D eigenvalue weighted by atomic mass is 28.4. The van der Waals surface area contributed by atoms with Crippen molar-refractivity contribution in [2.75, 3.05) is 0 Å². The van der Waals surface area contributed by atoms with Crippen molar-refractivity contribution in [1.29, 1.82) is 0 Å². The SMILES string of the molecule is Cc1ccc2c(c1)COC(=O)c1cc(O[Si](C)(C)C(C)(C)C)ccc1-2. The molecule has 4 heteroatoms. The molecule has 0 saturated carbocycles. The lowest BCUT2D eigenvalue weighted by Crippen LogP contribution is -2.43. The Kier molecular flexibility index (Phi) is 4.27. The Balaban J connectivity index is 2.05. The number of rotatable bonds is 2. The van der Waals surface area contributed by atoms with Gasteiger partial charge in [-0.05, 0) is 59.9 Å². The van der Waals surface area contributed by atoms with Crippen LogP contribution in [0.2, 0.25) is 18.1 Å². The van der Waals surface area contributed by atoms with Crippen LogP contribution in [0.15, 0.2) is 36.4 Å². The van der Waals surface area contributed by atoms with Crippen LogP contribution >= 0.6 is 0 Å². The molecular weight excluding hydrogens is 328 g/mol. The second kappa shape index (κ2) is 6.02. The predicted octanol–water partition coefficient (Wildman–Crippen LogP) is 5.72. The smallest absolute Gasteiger partial charge is 0.339 e. The molecule has 2 aromatic carbocycles. The molecule has 3 rings (SSSR count). The molecule has 2 aromatic rings. The third-order valence-corrected chi connectivity index (χ3v) is 9.66. The van der Waals surface area contributed by atoms with Crippen LogP contribution in [0.4, 0.5) is 0 Å². The molecular formula is C21H26O3Si. The summed E-state index contributed by atoms with van der Waals surface area (Å²) < 4.78 is 11.8. The fraction of sp³-hybridized carbons (Fsp3) is 0.381. The predicted molar refractivity (Wildman–Crippen MR) is 104 cm³/mol. The van der Waals surface area contributed by atoms with Gasteiger partial charge in [0.2, 0.25) is 8.32 Å². The average molecular weight is 355 g/mol. The van der Waals surface area contributed by atoms with Gasteiger partial charge < -0.3 is 9.16 Å². The third-order valence-electron chi connectivity index (χ3n) is 5.30. The number of ether oxygens (including phenoxy) is 1. The number of fused-ring (bicyclic) bond motifs is 3. The summed E-state index contributed by atoms with van der Waals surface area (Å²) in [4.78, 5) is 12.5. The van der Waals surface area contributed by atoms with Crippen LogP contribution < -0.4 is 4.43 Å². The molecule has 0 saturated heterocycles. The van der Waals surface area contributed by atoms with E-state index >= 15 is 0 Å². The molecule has 0 aliphatic carbocycles. The third kappa shape index (κ3) is 3.36. The molecule has 0 aromatic heterocycles. The normalized spacial score (nSPS) is 14.2. The van der Waals surface area contributed by atoms with E-state index in [1.165, 1.54) is 0 Å². The first-order chi connectivity index (χ1) is 11.6. The fourth-order valence-corrected chi connectivity index (χ4v) is 3.79. The van der Waals surface area contributed by atoms with Gasteiger partial charge in [0.25, 0.3) is 0 Å². The maximum absolute atomic E-state index is 12.5. The second-order valence-electron chi connectivity index (χ2n) is 8.31. The molecule has 132 valence electrons. The first kappa shape index (κ1) is 17.7. The van der Waals surface area contributed by atoms with E-state index in [4.69, 9.17) is 9.16 Å². The van der Waals surface area contributed by atoms with E-state index in [0.717, 1.165) is 28.0 Å². The lowest BCUT2D eigenvalue weighted by molar-refractivity contribution is 0.0478. The largest absolute Gasteiger partial charge is 0.543 e. The second-order valence-corrected chi connectivity index (χ2v) is 13.0. The van der Waals surface area contributed by atoms with Crippen LogP contribution in [-0.4, -0.2) is 14.3 Å². The molecule has 0 spiro atoms. The van der Waals surface area contributed by atoms with Gasteiger partial charge in [-0.15, -0.1) is 0 Å². The first-order valence-electron chi connectivity index (χ1n) is 8.68. The van der Waals surface area contributed by atoms with E-state index in [1.807, 2.05) is 25.1 Å². The number of esters is 1. The van der Waals surface area contributed by atoms with Gasteiger partial charge in [-0.3, -0.25) is 0 Å². The van der Waals surface area contributed by atoms with Crippen molar-refractivity contribution in [2.24, 2.45) is 0 Å². The van der Waals surface area contributed by atoms with Gasteiger partial charge in [0.05, 0.1) is 5.56 Å². The summed E-state index contributed by atoms with van der Waals surface area (Å²) in [5, 5.41) is 0.102. The Bertz CT molecular complexity index is 832. The van der Waals surface area contributed by atoms with Crippen molar-refractivity contribution in [3.63, 3.8) is 0 Å². The summed E-state index contributed by atoms with van der Waals surface area (Å²) in [6.07, 6.45) is 0. The maximum Gasteiger partial charge on any atom is 0.339 e. The van der Waals surface area contributed by atoms with Gasteiger partial charge in [-0.25, -0.2) is 4.79 Å². The van der Waals surface area contributed by atoms with E-state index in [0.29, 0.717) is 12.2 Å². The lowest BCUT2D eigenvalue weighted by Gasteiger charge is -2.36. The molecule has 0 fully saturated rings. The molecule has 0 atom stereocenters. The number of benzene rings is 2. The van der Waals surface area contributed by atoms with Gasteiger partial charge in [0.1, 0.15) is 12.4 Å². The summed E-state index contributed by atoms with van der Waals surface area (Å²) in [7, 11) is -1.96. The van der Waals surface area contributed by atoms with Crippen molar-refractivity contribution in [3.8, 4) is 16.9 Å². The van der Waals surface area contributed by atoms with Crippen molar-refractivity contribution in [3.05, 3.63) is 53.1 Å². The first-order valence-corrected chi connectivity index (χ1v) is 11.6. The molecule has 3 nitrogen and oxygen atoms in total. The lowest BCUT2D eigenvalue weighted by atomic mass is 9.95. The number of aryl methyl sites for hydroxylation is 1. The molecule has 0 radical (unpaired) electrons. The van der Waals surface area contributed by atoms with E-state index in [-0.39, 0.29) is 11.0 Å². The van der Waals surface area contributed by atoms with Crippen LogP contribution in [0.25, 0.3) is 11.1 Å². The zero-order valence-electron chi connectivity index (χ0n) is 15.9. The standard InChI is InChI=1S/C21H26O3Si/c1-14-7-9-17-15(11-14)13-23-20(22)19-12-16(8-10-18(17)19)24-25(5,6)21(2,3)4/h7-12H,13H2,1-6H3. The molecule has 1 heterocycles. The molecule has 0 bridgehead atoms. The average Bonchev–Trinajstić information content (AvgIpc) is 2.63. The number of hydrogen-bond acceptors (Lipinski definition) is 3. The van der Waals surface area contributed by atoms with Crippen LogP contribution in [0, 0.1) is 6.92 Å². The van der Waals surface area contributed by atoms with Crippen LogP contribution in [0.1, 0.15) is 42.3 Å². The van der Waals surface area contributed by atoms with Crippen molar-refractivity contribution in [2.45, 2.75) is 52.4 Å². The van der Waals surface area contributed by atoms with Crippen molar-refractivity contribution >= 4 is 14.3 Å². The Morgan fingerprint density at radius 1 is 1.00 bits per heavy atom. The Labute approximate surface area is 151 Å². The summed E-state index contributed by atoms with van der Waals surface area (Å²) >= 11 is 0. The quantitative estimate of drug-likeness (QED) is 0.511. The van der Waals surface area contributed by atoms with Gasteiger partial charge in [0.15, 0.2) is 0 Å². The molecule has 1 aliphatic heterocycles. The zero-order valence-corrected chi connectivity index (χ0v) is 16.9. The highest BCUT2D eigenvalue weighted by Gasteiger charge is 2.39. The van der Waals surface area contributed by atoms with Gasteiger partial charge in [-0.2, -0.15) is 0 Å². The maximum atomic E-state index is 12.5. The number of carbonyl (C=O) groups excluding carboxylic acids is 1. The summed E-state index contributed by atoms with van der Waals surface area (Å²) in [5.41, 5.74) is 4.77. The summed E-state index contributed by atoms with van der Waals surface area (Å²) in [6, 6.07) is 12.0. The zero-order chi connectivity index (χ0) is 18.4. The monoisotopic (exact) mass is 354 g/mol. The van der Waals surface area contributed by atoms with Gasteiger partial charge >= 0.3 is 5.97 Å². The summed E-state index contributed by atoms with van der Waals surface area (Å²) in [5.74, 6) is 0.461. The van der Waals surface area contributed by atoms with Gasteiger partial charge in [0, 0.05) is 0 Å². The molecule has 25 heavy (non-hydrogen) atoms. The van der Waals surface area contributed by atoms with E-state index in [2.05, 4.69) is 52.1 Å². The van der Waals surface area contributed by atoms with E-state index in [1.54, 1.807) is 0 Å². The molecule has 0 N–H and O–H groups in total. The number of cyclic esters (lactones) is 1.